The molecule has 0 amide bonds. The fourth-order valence-corrected chi connectivity index (χ4v) is 18.0. The third-order valence-corrected chi connectivity index (χ3v) is 23.0. The fourth-order valence-electron chi connectivity index (χ4n) is 17.2. The van der Waals surface area contributed by atoms with Crippen molar-refractivity contribution in [3.63, 3.8) is 0 Å². The molecule has 0 unspecified atom stereocenters. The molecule has 0 saturated heterocycles. The molecule has 13 nitrogen and oxygen atoms in total. The van der Waals surface area contributed by atoms with Gasteiger partial charge in [0, 0.05) is 34.4 Å². The highest BCUT2D eigenvalue weighted by atomic mass is 35.8. The van der Waals surface area contributed by atoms with Gasteiger partial charge in [-0.05, 0) is 257 Å². The average Bonchev–Trinajstić information content (AvgIpc) is 0.735. The maximum absolute atomic E-state index is 10.9. The van der Waals surface area contributed by atoms with E-state index in [9.17, 15) is 10.2 Å². The summed E-state index contributed by atoms with van der Waals surface area (Å²) in [6, 6.07) is 109. The first-order valence-electron chi connectivity index (χ1n) is 39.3. The van der Waals surface area contributed by atoms with E-state index in [4.69, 9.17) is 137 Å². The Kier molecular flexibility index (Phi) is 23.7. The summed E-state index contributed by atoms with van der Waals surface area (Å²) < 4.78 is 0. The molecule has 0 spiro atoms. The number of nitrogens with zero attached hydrogens (tertiary/aromatic N) is 9. The van der Waals surface area contributed by atoms with Crippen molar-refractivity contribution in [2.24, 2.45) is 0 Å². The Hall–Kier alpha value is -11.8. The number of hydrogen-bond acceptors (Lipinski definition) is 13. The highest BCUT2D eigenvalue weighted by Crippen LogP contribution is 2.46. The number of hydrogen-bond donors (Lipinski definition) is 4. The zero-order chi connectivity index (χ0) is 86.7. The molecule has 3 heterocycles. The van der Waals surface area contributed by atoms with E-state index in [1.54, 1.807) is 12.1 Å². The lowest BCUT2D eigenvalue weighted by Crippen LogP contribution is -2.01. The summed E-state index contributed by atoms with van der Waals surface area (Å²) in [5.74, 6) is 2.54. The standard InChI is InChI=1S/C41H23N3O2.C35H18ClN3.C16H10.C6H6O2.C3Cl3N3.2Al.6ClH/c45-28-15-20-33(34(46)21-28)41-43-39(31-18-13-26-9-7-22-3-1-5-24-11-16-29(31)37(26)35(22)24)42-40(44-41)32-19-14-27-10-8-23-4-2-6-25-12-17-30(32)38(27)36(23)25;36-35-38-33(27-17-13-23-9-7-19-3-1-5-21-11-15-25(27)31(23)29(19)21)37-34(39-35)28-18-14-24-10-8-20-4-2-6-22-12-16-26(28)32(24)30(20)22;1-3-11-7-9-13-5-2-6-14-10-8-12(4-1)15(11)16(13)14;7-5-2-1-3-6(8)4-5;4-1-7-2(5)9-3(6)8-1;;;;;;;;/h1-21,45-46H;1-18H;1-10H;1-4,7-8H;;;;6*1H/q;;;;;2*+3;;;;;;/p-6. The van der Waals surface area contributed by atoms with E-state index in [0.717, 1.165) is 54.6 Å². The smallest absolute Gasteiger partial charge is 0.508 e. The predicted molar refractivity (Wildman–Crippen MR) is 531 cm³/mol. The summed E-state index contributed by atoms with van der Waals surface area (Å²) in [6.07, 6.45) is 0. The van der Waals surface area contributed by atoms with E-state index < -0.39 is 22.8 Å². The zero-order valence-corrected chi connectivity index (χ0v) is 75.2. The van der Waals surface area contributed by atoms with Crippen molar-refractivity contribution in [1.82, 2.24) is 44.9 Å². The van der Waals surface area contributed by atoms with Crippen LogP contribution in [0.4, 0.5) is 0 Å². The third-order valence-electron chi connectivity index (χ3n) is 22.3. The first kappa shape index (κ1) is 83.8. The van der Waals surface area contributed by atoms with Crippen LogP contribution in [0.2, 0.25) is 21.1 Å². The minimum Gasteiger partial charge on any atom is -0.508 e. The van der Waals surface area contributed by atoms with Crippen LogP contribution in [0.25, 0.3) is 219 Å². The quantitative estimate of drug-likeness (QED) is 0.0939. The van der Waals surface area contributed by atoms with Gasteiger partial charge < -0.3 is 20.4 Å². The summed E-state index contributed by atoms with van der Waals surface area (Å²) in [5, 5.41) is 75.1. The maximum Gasteiger partial charge on any atom is 0.643 e. The summed E-state index contributed by atoms with van der Waals surface area (Å²) >= 11 is 19.1. The highest BCUT2D eigenvalue weighted by Gasteiger charge is 2.24. The van der Waals surface area contributed by atoms with Crippen molar-refractivity contribution in [2.75, 3.05) is 0 Å². The van der Waals surface area contributed by atoms with Gasteiger partial charge in [-0.3, -0.25) is 0 Å². The molecular weight excluding hydrogens is 1810 g/mol. The Morgan fingerprint density at radius 2 is 0.349 bits per heavy atom. The van der Waals surface area contributed by atoms with Crippen molar-refractivity contribution >= 4 is 291 Å². The molecule has 22 aromatic carbocycles. The molecule has 25 heteroatoms. The van der Waals surface area contributed by atoms with Crippen molar-refractivity contribution < 1.29 is 20.4 Å². The number of phenolic OH excluding ortho intramolecular Hbond substituents is 4. The van der Waals surface area contributed by atoms with E-state index in [-0.39, 0.29) is 44.1 Å². The first-order chi connectivity index (χ1) is 61.2. The topological polar surface area (TPSA) is 197 Å². The summed E-state index contributed by atoms with van der Waals surface area (Å²) in [5.41, 5.74) is 4.07. The van der Waals surface area contributed by atoms with Crippen LogP contribution in [-0.2, 0) is 0 Å². The van der Waals surface area contributed by atoms with Gasteiger partial charge in [-0.1, -0.05) is 261 Å². The first-order valence-corrected chi connectivity index (χ1v) is 51.2. The van der Waals surface area contributed by atoms with Gasteiger partial charge in [0.05, 0.1) is 5.56 Å². The monoisotopic (exact) mass is 1860 g/mol. The van der Waals surface area contributed by atoms with Crippen molar-refractivity contribution in [3.8, 4) is 79.9 Å². The number of rotatable bonds is 5. The zero-order valence-electron chi connectivity index (χ0n) is 65.3. The number of halogens is 10. The number of benzene rings is 22. The minimum absolute atomic E-state index is 0.000000000000000444. The highest BCUT2D eigenvalue weighted by molar-refractivity contribution is 7.54. The molecule has 0 aliphatic carbocycles. The third kappa shape index (κ3) is 16.6. The van der Waals surface area contributed by atoms with Gasteiger partial charge in [0.1, 0.15) is 23.0 Å². The van der Waals surface area contributed by atoms with E-state index >= 15 is 0 Å². The van der Waals surface area contributed by atoms with Crippen LogP contribution in [0.1, 0.15) is 0 Å². The SMILES string of the molecule is Clc1nc(-c2ccc3ccc4cccc5ccc2c3c45)nc(-c2ccc3ccc4cccc5ccc2c3c45)n1.Clc1nc(Cl)nc(Cl)n1.Oc1ccc(-c2nc(-c3ccc4ccc5cccc6ccc3c4c56)nc(-c3ccc4ccc5cccc6ccc3c4c56)n2)c(O)c1.Oc1cccc(O)c1.[Cl][Al]([Cl])[Cl].[Cl][Al]([Cl])[Cl].c1cc2ccc3cccc4ccc(c1)c2c34. The van der Waals surface area contributed by atoms with Crippen LogP contribution in [0, 0.1) is 0 Å². The van der Waals surface area contributed by atoms with Crippen molar-refractivity contribution in [3.05, 3.63) is 343 Å². The molecule has 126 heavy (non-hydrogen) atoms. The molecule has 0 radical (unpaired) electrons. The Morgan fingerprint density at radius 3 is 0.579 bits per heavy atom. The average molecular weight is 1870 g/mol. The number of aromatic hydroxyl groups is 4. The van der Waals surface area contributed by atoms with Crippen LogP contribution in [0.15, 0.2) is 322 Å². The number of aromatic nitrogens is 9. The molecule has 0 aliphatic rings. The van der Waals surface area contributed by atoms with Gasteiger partial charge in [-0.15, -0.1) is 0 Å². The largest absolute Gasteiger partial charge is 0.643 e. The van der Waals surface area contributed by atoms with E-state index in [2.05, 4.69) is 304 Å². The van der Waals surface area contributed by atoms with Crippen LogP contribution in [0.5, 0.6) is 23.0 Å². The predicted octanol–water partition coefficient (Wildman–Crippen LogP) is 30.6. The maximum atomic E-state index is 10.9. The molecule has 25 rings (SSSR count). The lowest BCUT2D eigenvalue weighted by Gasteiger charge is -2.16. The Morgan fingerprint density at radius 1 is 0.175 bits per heavy atom. The summed E-state index contributed by atoms with van der Waals surface area (Å²) in [4.78, 5) is 39.7. The van der Waals surface area contributed by atoms with Crippen molar-refractivity contribution in [2.45, 2.75) is 0 Å². The lowest BCUT2D eigenvalue weighted by atomic mass is 9.91. The van der Waals surface area contributed by atoms with E-state index in [1.165, 1.54) is 160 Å². The van der Waals surface area contributed by atoms with Gasteiger partial charge >= 0.3 is 22.8 Å². The molecule has 0 fully saturated rings. The molecule has 0 bridgehead atoms. The Balaban J connectivity index is 0.000000115. The van der Waals surface area contributed by atoms with Crippen LogP contribution in [0.3, 0.4) is 0 Å². The summed E-state index contributed by atoms with van der Waals surface area (Å²) in [7, 11) is 29.7. The van der Waals surface area contributed by atoms with E-state index in [1.807, 2.05) is 0 Å². The summed E-state index contributed by atoms with van der Waals surface area (Å²) in [6.45, 7) is 0. The molecule has 606 valence electrons. The molecule has 0 saturated carbocycles. The van der Waals surface area contributed by atoms with E-state index in [0.29, 0.717) is 34.7 Å². The van der Waals surface area contributed by atoms with Crippen molar-refractivity contribution in [1.29, 1.82) is 0 Å². The second-order valence-electron chi connectivity index (χ2n) is 29.6. The minimum atomic E-state index is -1.72. The second kappa shape index (κ2) is 35.6. The molecule has 3 aromatic heterocycles. The molecule has 4 N–H and O–H groups in total. The fraction of sp³-hybridized carbons (Fsp3) is 0. The van der Waals surface area contributed by atoms with Gasteiger partial charge in [0.25, 0.3) is 0 Å². The Labute approximate surface area is 771 Å². The van der Waals surface area contributed by atoms with Gasteiger partial charge in [0.2, 0.25) is 21.1 Å². The van der Waals surface area contributed by atoms with Gasteiger partial charge in [0.15, 0.2) is 29.1 Å². The van der Waals surface area contributed by atoms with Crippen LogP contribution < -0.4 is 0 Å². The van der Waals surface area contributed by atoms with Crippen LogP contribution in [-0.4, -0.2) is 88.1 Å². The normalized spacial score (nSPS) is 11.4. The lowest BCUT2D eigenvalue weighted by molar-refractivity contribution is 0.450. The van der Waals surface area contributed by atoms with Gasteiger partial charge in [-0.25, -0.2) is 80.2 Å². The van der Waals surface area contributed by atoms with Gasteiger partial charge in [-0.2, -0.15) is 24.9 Å². The molecule has 0 atom stereocenters. The molecule has 0 aliphatic heterocycles. The number of phenols is 4. The second-order valence-corrected chi connectivity index (χ2v) is 43.8. The Bertz CT molecular complexity index is 7860. The molecule has 25 aromatic rings. The van der Waals surface area contributed by atoms with Crippen LogP contribution >= 0.6 is 107 Å². The molecular formula is C101H57Al2Cl10N9O4.